The maximum Gasteiger partial charge on any atom is 0.255 e. The predicted octanol–water partition coefficient (Wildman–Crippen LogP) is 2.05. The van der Waals surface area contributed by atoms with Crippen LogP contribution in [0.3, 0.4) is 0 Å². The Kier molecular flexibility index (Phi) is 4.28. The quantitative estimate of drug-likeness (QED) is 0.742. The van der Waals surface area contributed by atoms with Gasteiger partial charge in [0.05, 0.1) is 17.3 Å². The normalized spacial score (nSPS) is 20.9. The minimum absolute atomic E-state index is 0.0479. The number of hydrogen-bond acceptors (Lipinski definition) is 4. The lowest BCUT2D eigenvalue weighted by atomic mass is 9.82. The fourth-order valence-corrected chi connectivity index (χ4v) is 4.94. The number of fused-ring (bicyclic) bond motifs is 5. The molecule has 7 nitrogen and oxygen atoms in total. The van der Waals surface area contributed by atoms with Gasteiger partial charge >= 0.3 is 0 Å². The van der Waals surface area contributed by atoms with E-state index in [9.17, 15) is 9.59 Å². The average molecular weight is 391 g/mol. The maximum absolute atomic E-state index is 13.3. The minimum Gasteiger partial charge on any atom is -0.338 e. The molecule has 150 valence electrons. The van der Waals surface area contributed by atoms with Crippen LogP contribution in [0.4, 0.5) is 0 Å². The van der Waals surface area contributed by atoms with Crippen LogP contribution in [0.15, 0.2) is 41.3 Å². The van der Waals surface area contributed by atoms with Crippen LogP contribution in [0.25, 0.3) is 10.9 Å². The van der Waals surface area contributed by atoms with Gasteiger partial charge in [-0.2, -0.15) is 5.10 Å². The van der Waals surface area contributed by atoms with Crippen molar-refractivity contribution in [3.05, 3.63) is 63.7 Å². The number of nitrogens with one attached hydrogen (secondary N) is 1. The Morgan fingerprint density at radius 3 is 2.90 bits per heavy atom. The van der Waals surface area contributed by atoms with Crippen molar-refractivity contribution in [2.24, 2.45) is 5.92 Å². The molecule has 1 fully saturated rings. The van der Waals surface area contributed by atoms with E-state index >= 15 is 0 Å². The first-order valence-electron chi connectivity index (χ1n) is 10.1. The van der Waals surface area contributed by atoms with E-state index < -0.39 is 0 Å². The van der Waals surface area contributed by atoms with Crippen molar-refractivity contribution in [2.45, 2.75) is 25.4 Å². The molecule has 1 N–H and O–H groups in total. The van der Waals surface area contributed by atoms with Gasteiger partial charge in [0.2, 0.25) is 0 Å². The van der Waals surface area contributed by atoms with Crippen molar-refractivity contribution in [3.8, 4) is 0 Å². The third-order valence-corrected chi connectivity index (χ3v) is 6.17. The number of H-pyrrole nitrogens is 1. The molecule has 2 aromatic heterocycles. The lowest BCUT2D eigenvalue weighted by Gasteiger charge is -2.43. The summed E-state index contributed by atoms with van der Waals surface area (Å²) in [5, 5.41) is 7.87. The first-order chi connectivity index (χ1) is 14.0. The second kappa shape index (κ2) is 6.84. The highest BCUT2D eigenvalue weighted by Gasteiger charge is 2.37. The Morgan fingerprint density at radius 1 is 1.21 bits per heavy atom. The van der Waals surface area contributed by atoms with E-state index in [0.717, 1.165) is 28.6 Å². The van der Waals surface area contributed by atoms with E-state index in [1.54, 1.807) is 6.20 Å². The van der Waals surface area contributed by atoms with Gasteiger partial charge < -0.3 is 14.4 Å². The monoisotopic (exact) mass is 391 g/mol. The number of pyridine rings is 1. The van der Waals surface area contributed by atoms with Crippen LogP contribution in [0.5, 0.6) is 0 Å². The summed E-state index contributed by atoms with van der Waals surface area (Å²) in [5.74, 6) is 0.559. The molecule has 1 aromatic carbocycles. The number of amides is 1. The summed E-state index contributed by atoms with van der Waals surface area (Å²) in [4.78, 5) is 30.3. The molecule has 1 saturated heterocycles. The third-order valence-electron chi connectivity index (χ3n) is 6.17. The number of rotatable bonds is 3. The van der Waals surface area contributed by atoms with Crippen LogP contribution < -0.4 is 5.56 Å². The lowest BCUT2D eigenvalue weighted by molar-refractivity contribution is 0.0596. The number of carbonyl (C=O) groups excluding carboxylic acids is 1. The molecule has 0 radical (unpaired) electrons. The zero-order valence-electron chi connectivity index (χ0n) is 16.8. The average Bonchev–Trinajstić information content (AvgIpc) is 3.18. The van der Waals surface area contributed by atoms with Crippen molar-refractivity contribution >= 4 is 16.8 Å². The summed E-state index contributed by atoms with van der Waals surface area (Å²) in [6.07, 6.45) is 2.75. The van der Waals surface area contributed by atoms with Crippen LogP contribution in [0, 0.1) is 5.92 Å². The molecule has 2 atom stereocenters. The summed E-state index contributed by atoms with van der Waals surface area (Å²) in [5.41, 5.74) is 3.58. The van der Waals surface area contributed by atoms with Gasteiger partial charge in [0, 0.05) is 48.7 Å². The van der Waals surface area contributed by atoms with E-state index in [1.807, 2.05) is 52.7 Å². The Balaban J connectivity index is 1.45. The largest absolute Gasteiger partial charge is 0.338 e. The fraction of sp³-hybridized carbons (Fsp3) is 0.409. The van der Waals surface area contributed by atoms with E-state index in [-0.39, 0.29) is 17.4 Å². The van der Waals surface area contributed by atoms with Crippen molar-refractivity contribution in [1.29, 1.82) is 0 Å². The highest BCUT2D eigenvalue weighted by molar-refractivity contribution is 6.06. The summed E-state index contributed by atoms with van der Waals surface area (Å²) in [6, 6.07) is 9.74. The Labute approximate surface area is 168 Å². The Morgan fingerprint density at radius 2 is 2.07 bits per heavy atom. The molecule has 2 aliphatic rings. The standard InChI is InChI=1S/C22H25N5O2/c1-25(2)12-15-6-7-20-16-8-14(11-27(20)21(15)28)10-26(13-16)22(29)17-4-3-5-19-18(17)9-23-24-19/h3-7,9,14,16H,8,10-13H2,1-2H3,(H,23,24)/t14-,16+/m0/s1. The zero-order valence-corrected chi connectivity index (χ0v) is 16.8. The molecule has 5 rings (SSSR count). The SMILES string of the molecule is CN(C)Cc1ccc2n(c1=O)C[C@H]1C[C@@H]2CN(C(=O)c2cccc3[nH]ncc23)C1. The second-order valence-electron chi connectivity index (χ2n) is 8.58. The summed E-state index contributed by atoms with van der Waals surface area (Å²) in [6.45, 7) is 2.67. The van der Waals surface area contributed by atoms with Crippen LogP contribution >= 0.6 is 0 Å². The first-order valence-corrected chi connectivity index (χ1v) is 10.1. The zero-order chi connectivity index (χ0) is 20.1. The smallest absolute Gasteiger partial charge is 0.255 e. The molecular formula is C22H25N5O2. The maximum atomic E-state index is 13.3. The number of likely N-dealkylation sites (tertiary alicyclic amines) is 1. The first kappa shape index (κ1) is 18.1. The molecule has 0 saturated carbocycles. The number of aromatic amines is 1. The lowest BCUT2D eigenvalue weighted by Crippen LogP contribution is -2.49. The van der Waals surface area contributed by atoms with E-state index in [4.69, 9.17) is 0 Å². The predicted molar refractivity (Wildman–Crippen MR) is 111 cm³/mol. The number of carbonyl (C=O) groups is 1. The molecule has 2 aliphatic heterocycles. The Hall–Kier alpha value is -2.93. The molecular weight excluding hydrogens is 366 g/mol. The molecule has 0 spiro atoms. The number of hydrogen-bond donors (Lipinski definition) is 1. The number of benzene rings is 1. The molecule has 4 heterocycles. The van der Waals surface area contributed by atoms with E-state index in [0.29, 0.717) is 37.7 Å². The number of nitrogens with zero attached hydrogens (tertiary/aromatic N) is 4. The van der Waals surface area contributed by atoms with Crippen molar-refractivity contribution in [1.82, 2.24) is 24.6 Å². The van der Waals surface area contributed by atoms with Gasteiger partial charge in [0.25, 0.3) is 11.5 Å². The molecule has 0 unspecified atom stereocenters. The minimum atomic E-state index is 0.0479. The molecule has 3 aromatic rings. The van der Waals surface area contributed by atoms with Gasteiger partial charge in [0.15, 0.2) is 0 Å². The van der Waals surface area contributed by atoms with Gasteiger partial charge in [0.1, 0.15) is 0 Å². The van der Waals surface area contributed by atoms with Crippen molar-refractivity contribution in [2.75, 3.05) is 27.2 Å². The Bertz CT molecular complexity index is 1150. The van der Waals surface area contributed by atoms with Gasteiger partial charge in [-0.1, -0.05) is 12.1 Å². The highest BCUT2D eigenvalue weighted by atomic mass is 16.2. The molecule has 29 heavy (non-hydrogen) atoms. The number of aromatic nitrogens is 3. The molecule has 0 aliphatic carbocycles. The van der Waals surface area contributed by atoms with E-state index in [1.165, 1.54) is 0 Å². The van der Waals surface area contributed by atoms with Crippen LogP contribution in [0.2, 0.25) is 0 Å². The second-order valence-corrected chi connectivity index (χ2v) is 8.58. The van der Waals surface area contributed by atoms with Gasteiger partial charge in [-0.05, 0) is 44.6 Å². The van der Waals surface area contributed by atoms with Crippen molar-refractivity contribution < 1.29 is 4.79 Å². The molecule has 1 amide bonds. The fourth-order valence-electron chi connectivity index (χ4n) is 4.94. The summed E-state index contributed by atoms with van der Waals surface area (Å²) in [7, 11) is 3.95. The van der Waals surface area contributed by atoms with Crippen molar-refractivity contribution in [3.63, 3.8) is 0 Å². The van der Waals surface area contributed by atoms with Gasteiger partial charge in [-0.25, -0.2) is 0 Å². The highest BCUT2D eigenvalue weighted by Crippen LogP contribution is 2.36. The molecule has 7 heteroatoms. The number of piperidine rings is 1. The van der Waals surface area contributed by atoms with Crippen LogP contribution in [0.1, 0.15) is 34.0 Å². The van der Waals surface area contributed by atoms with Crippen LogP contribution in [-0.4, -0.2) is 57.7 Å². The third kappa shape index (κ3) is 3.06. The summed E-state index contributed by atoms with van der Waals surface area (Å²) >= 11 is 0. The van der Waals surface area contributed by atoms with Gasteiger partial charge in [-0.15, -0.1) is 0 Å². The van der Waals surface area contributed by atoms with E-state index in [2.05, 4.69) is 16.3 Å². The van der Waals surface area contributed by atoms with Gasteiger partial charge in [-0.3, -0.25) is 14.7 Å². The molecule has 2 bridgehead atoms. The van der Waals surface area contributed by atoms with Crippen LogP contribution in [-0.2, 0) is 13.1 Å². The topological polar surface area (TPSA) is 74.2 Å². The summed E-state index contributed by atoms with van der Waals surface area (Å²) < 4.78 is 1.95.